The third-order valence-corrected chi connectivity index (χ3v) is 6.41. The quantitative estimate of drug-likeness (QED) is 0.780. The van der Waals surface area contributed by atoms with E-state index in [0.717, 1.165) is 49.3 Å². The van der Waals surface area contributed by atoms with E-state index >= 15 is 0 Å². The van der Waals surface area contributed by atoms with E-state index in [1.54, 1.807) is 23.9 Å². The third-order valence-electron chi connectivity index (χ3n) is 5.19. The molecule has 1 aliphatic heterocycles. The van der Waals surface area contributed by atoms with Crippen LogP contribution in [0, 0.1) is 0 Å². The minimum absolute atomic E-state index is 0.215. The summed E-state index contributed by atoms with van der Waals surface area (Å²) < 4.78 is 0. The predicted octanol–water partition coefficient (Wildman–Crippen LogP) is 3.83. The summed E-state index contributed by atoms with van der Waals surface area (Å²) in [5.41, 5.74) is 2.48. The van der Waals surface area contributed by atoms with Crippen LogP contribution >= 0.6 is 11.3 Å². The van der Waals surface area contributed by atoms with Crippen LogP contribution in [0.4, 0.5) is 0 Å². The summed E-state index contributed by atoms with van der Waals surface area (Å²) in [4.78, 5) is 25.8. The fraction of sp³-hybridized carbons (Fsp3) is 0.526. The molecule has 2 aliphatic rings. The Labute approximate surface area is 146 Å². The molecule has 24 heavy (non-hydrogen) atoms. The summed E-state index contributed by atoms with van der Waals surface area (Å²) in [5, 5.41) is 0. The first-order chi connectivity index (χ1) is 11.8. The maximum absolute atomic E-state index is 13.0. The van der Waals surface area contributed by atoms with Gasteiger partial charge >= 0.3 is 0 Å². The third kappa shape index (κ3) is 3.22. The highest BCUT2D eigenvalue weighted by Crippen LogP contribution is 2.31. The second-order valence-corrected chi connectivity index (χ2v) is 7.98. The molecule has 0 unspecified atom stereocenters. The van der Waals surface area contributed by atoms with Crippen molar-refractivity contribution in [2.45, 2.75) is 50.9 Å². The number of carbonyl (C=O) groups excluding carboxylic acids is 1. The Hall–Kier alpha value is -1.75. The Morgan fingerprint density at radius 3 is 3.00 bits per heavy atom. The van der Waals surface area contributed by atoms with E-state index in [1.165, 1.54) is 29.7 Å². The van der Waals surface area contributed by atoms with Crippen LogP contribution in [0.1, 0.15) is 63.8 Å². The fourth-order valence-corrected chi connectivity index (χ4v) is 5.10. The van der Waals surface area contributed by atoms with Crippen LogP contribution in [0.15, 0.2) is 24.7 Å². The average molecular weight is 341 g/mol. The van der Waals surface area contributed by atoms with Crippen molar-refractivity contribution in [3.05, 3.63) is 45.7 Å². The maximum Gasteiger partial charge on any atom is 0.263 e. The minimum Gasteiger partial charge on any atom is -0.337 e. The normalized spacial score (nSPS) is 21.2. The zero-order valence-electron chi connectivity index (χ0n) is 13.9. The number of aryl methyl sites for hydroxylation is 2. The number of piperidine rings is 1. The Kier molecular flexibility index (Phi) is 4.60. The molecule has 1 saturated heterocycles. The Morgan fingerprint density at radius 2 is 2.12 bits per heavy atom. The molecule has 126 valence electrons. The van der Waals surface area contributed by atoms with Crippen molar-refractivity contribution in [3.8, 4) is 0 Å². The molecule has 3 heterocycles. The number of nitrogens with zero attached hydrogens (tertiary/aromatic N) is 3. The highest BCUT2D eigenvalue weighted by molar-refractivity contribution is 7.14. The maximum atomic E-state index is 13.0. The van der Waals surface area contributed by atoms with E-state index in [2.05, 4.69) is 16.0 Å². The Bertz CT molecular complexity index is 689. The molecule has 4 nitrogen and oxygen atoms in total. The van der Waals surface area contributed by atoms with Gasteiger partial charge in [-0.3, -0.25) is 4.79 Å². The monoisotopic (exact) mass is 341 g/mol. The fourth-order valence-electron chi connectivity index (χ4n) is 3.87. The second-order valence-electron chi connectivity index (χ2n) is 6.84. The van der Waals surface area contributed by atoms with Gasteiger partial charge in [-0.25, -0.2) is 9.97 Å². The van der Waals surface area contributed by atoms with Gasteiger partial charge in [0.25, 0.3) is 5.91 Å². The van der Waals surface area contributed by atoms with E-state index in [1.807, 2.05) is 11.0 Å². The highest BCUT2D eigenvalue weighted by Gasteiger charge is 2.27. The summed E-state index contributed by atoms with van der Waals surface area (Å²) in [6, 6.07) is 4.15. The van der Waals surface area contributed by atoms with Gasteiger partial charge < -0.3 is 4.90 Å². The van der Waals surface area contributed by atoms with Crippen LogP contribution in [0.5, 0.6) is 0 Å². The van der Waals surface area contributed by atoms with Crippen LogP contribution in [0.25, 0.3) is 0 Å². The molecule has 1 aliphatic carbocycles. The molecule has 5 heteroatoms. The average Bonchev–Trinajstić information content (AvgIpc) is 2.92. The highest BCUT2D eigenvalue weighted by atomic mass is 32.1. The first-order valence-electron chi connectivity index (χ1n) is 8.98. The first kappa shape index (κ1) is 15.8. The summed E-state index contributed by atoms with van der Waals surface area (Å²) >= 11 is 1.73. The molecule has 0 N–H and O–H groups in total. The Morgan fingerprint density at radius 1 is 1.21 bits per heavy atom. The lowest BCUT2D eigenvalue weighted by Crippen LogP contribution is -2.39. The number of fused-ring (bicyclic) bond motifs is 1. The summed E-state index contributed by atoms with van der Waals surface area (Å²) in [6.07, 6.45) is 11.7. The zero-order valence-corrected chi connectivity index (χ0v) is 14.7. The number of rotatable bonds is 2. The lowest BCUT2D eigenvalue weighted by molar-refractivity contribution is 0.0710. The number of aromatic nitrogens is 2. The van der Waals surface area contributed by atoms with Gasteiger partial charge in [0.05, 0.1) is 4.88 Å². The van der Waals surface area contributed by atoms with E-state index in [9.17, 15) is 4.79 Å². The van der Waals surface area contributed by atoms with Gasteiger partial charge in [0, 0.05) is 35.8 Å². The van der Waals surface area contributed by atoms with E-state index in [4.69, 9.17) is 0 Å². The first-order valence-corrected chi connectivity index (χ1v) is 9.79. The molecular formula is C19H23N3OS. The number of amides is 1. The van der Waals surface area contributed by atoms with Crippen molar-refractivity contribution >= 4 is 17.2 Å². The largest absolute Gasteiger partial charge is 0.337 e. The number of thiophene rings is 1. The molecule has 0 saturated carbocycles. The summed E-state index contributed by atoms with van der Waals surface area (Å²) in [6.45, 7) is 1.64. The van der Waals surface area contributed by atoms with Crippen molar-refractivity contribution in [2.75, 3.05) is 13.1 Å². The van der Waals surface area contributed by atoms with Gasteiger partial charge in [-0.05, 0) is 56.2 Å². The predicted molar refractivity (Wildman–Crippen MR) is 95.5 cm³/mol. The minimum atomic E-state index is 0.215. The standard InChI is InChI=1S/C19H23N3OS/c23-19(18-11-14-5-2-1-3-7-17(14)24-18)22-10-4-6-15(12-22)16-8-9-20-13-21-16/h8-9,11,13,15H,1-7,10,12H2/t15-/m1/s1. The van der Waals surface area contributed by atoms with E-state index < -0.39 is 0 Å². The van der Waals surface area contributed by atoms with Crippen LogP contribution in [-0.2, 0) is 12.8 Å². The smallest absolute Gasteiger partial charge is 0.263 e. The van der Waals surface area contributed by atoms with Crippen LogP contribution in [0.2, 0.25) is 0 Å². The van der Waals surface area contributed by atoms with Crippen molar-refractivity contribution in [1.29, 1.82) is 0 Å². The summed E-state index contributed by atoms with van der Waals surface area (Å²) in [5.74, 6) is 0.551. The molecule has 2 aromatic heterocycles. The van der Waals surface area contributed by atoms with E-state index in [0.29, 0.717) is 5.92 Å². The van der Waals surface area contributed by atoms with Crippen LogP contribution < -0.4 is 0 Å². The Balaban J connectivity index is 1.50. The topological polar surface area (TPSA) is 46.1 Å². The second kappa shape index (κ2) is 7.01. The number of hydrogen-bond donors (Lipinski definition) is 0. The lowest BCUT2D eigenvalue weighted by atomic mass is 9.94. The lowest BCUT2D eigenvalue weighted by Gasteiger charge is -2.32. The van der Waals surface area contributed by atoms with Gasteiger partial charge in [0.1, 0.15) is 6.33 Å². The molecule has 0 radical (unpaired) electrons. The van der Waals surface area contributed by atoms with Crippen molar-refractivity contribution < 1.29 is 4.79 Å². The molecule has 0 bridgehead atoms. The van der Waals surface area contributed by atoms with Gasteiger partial charge in [-0.1, -0.05) is 6.42 Å². The van der Waals surface area contributed by atoms with Gasteiger partial charge in [0.15, 0.2) is 0 Å². The SMILES string of the molecule is O=C(c1cc2c(s1)CCCCC2)N1CCC[C@@H](c2ccncn2)C1. The number of carbonyl (C=O) groups is 1. The van der Waals surface area contributed by atoms with Crippen molar-refractivity contribution in [2.24, 2.45) is 0 Å². The van der Waals surface area contributed by atoms with Crippen LogP contribution in [0.3, 0.4) is 0 Å². The molecule has 1 amide bonds. The van der Waals surface area contributed by atoms with Gasteiger partial charge in [-0.2, -0.15) is 0 Å². The molecule has 0 aromatic carbocycles. The molecule has 4 rings (SSSR count). The number of hydrogen-bond acceptors (Lipinski definition) is 4. The molecule has 0 spiro atoms. The summed E-state index contributed by atoms with van der Waals surface area (Å²) in [7, 11) is 0. The van der Waals surface area contributed by atoms with Crippen LogP contribution in [-0.4, -0.2) is 33.9 Å². The molecule has 1 atom stereocenters. The van der Waals surface area contributed by atoms with Gasteiger partial charge in [-0.15, -0.1) is 11.3 Å². The number of likely N-dealkylation sites (tertiary alicyclic amines) is 1. The van der Waals surface area contributed by atoms with E-state index in [-0.39, 0.29) is 5.91 Å². The molecular weight excluding hydrogens is 318 g/mol. The van der Waals surface area contributed by atoms with Crippen molar-refractivity contribution in [1.82, 2.24) is 14.9 Å². The molecule has 1 fully saturated rings. The molecule has 2 aromatic rings. The van der Waals surface area contributed by atoms with Crippen molar-refractivity contribution in [3.63, 3.8) is 0 Å². The zero-order chi connectivity index (χ0) is 16.4. The van der Waals surface area contributed by atoms with Gasteiger partial charge in [0.2, 0.25) is 0 Å².